The number of amides is 1. The van der Waals surface area contributed by atoms with Gasteiger partial charge in [-0.15, -0.1) is 0 Å². The molecule has 0 spiro atoms. The van der Waals surface area contributed by atoms with Crippen LogP contribution in [-0.2, 0) is 6.54 Å². The highest BCUT2D eigenvalue weighted by atomic mass is 16.5. The van der Waals surface area contributed by atoms with Gasteiger partial charge in [-0.25, -0.2) is 0 Å². The zero-order chi connectivity index (χ0) is 20.2. The van der Waals surface area contributed by atoms with E-state index in [9.17, 15) is 9.59 Å². The number of para-hydroxylation sites is 1. The molecule has 2 aromatic heterocycles. The first-order chi connectivity index (χ1) is 14.2. The highest BCUT2D eigenvalue weighted by Gasteiger charge is 2.20. The van der Waals surface area contributed by atoms with Crippen LogP contribution in [0.2, 0.25) is 0 Å². The lowest BCUT2D eigenvalue weighted by Crippen LogP contribution is -2.31. The molecule has 6 heteroatoms. The molecule has 29 heavy (non-hydrogen) atoms. The highest BCUT2D eigenvalue weighted by Crippen LogP contribution is 2.25. The Morgan fingerprint density at radius 1 is 1.07 bits per heavy atom. The summed E-state index contributed by atoms with van der Waals surface area (Å²) in [4.78, 5) is 34.0. The maximum absolute atomic E-state index is 13.3. The molecule has 6 nitrogen and oxygen atoms in total. The van der Waals surface area contributed by atoms with Crippen molar-refractivity contribution >= 4 is 22.5 Å². The number of fused-ring (bicyclic) bond motifs is 1. The second-order valence-electron chi connectivity index (χ2n) is 6.54. The molecule has 0 aliphatic carbocycles. The summed E-state index contributed by atoms with van der Waals surface area (Å²) in [6, 6.07) is 19.8. The minimum absolute atomic E-state index is 0.201. The number of rotatable bonds is 5. The third-order valence-electron chi connectivity index (χ3n) is 4.70. The summed E-state index contributed by atoms with van der Waals surface area (Å²) in [5.74, 6) is 0.497. The van der Waals surface area contributed by atoms with Crippen molar-refractivity contribution < 1.29 is 9.53 Å². The molecular weight excluding hydrogens is 366 g/mol. The Morgan fingerprint density at radius 3 is 2.59 bits per heavy atom. The molecule has 0 saturated carbocycles. The van der Waals surface area contributed by atoms with Gasteiger partial charge in [0.2, 0.25) is 5.56 Å². The number of aromatic amines is 1. The maximum Gasteiger partial charge on any atom is 0.260 e. The molecule has 0 bridgehead atoms. The fourth-order valence-corrected chi connectivity index (χ4v) is 3.27. The second-order valence-corrected chi connectivity index (χ2v) is 6.54. The second kappa shape index (κ2) is 7.98. The van der Waals surface area contributed by atoms with Crippen LogP contribution in [-0.4, -0.2) is 23.0 Å². The average molecular weight is 385 g/mol. The van der Waals surface area contributed by atoms with E-state index in [0.29, 0.717) is 17.0 Å². The standard InChI is InChI=1S/C23H19N3O3/c1-29-19-10-8-18(9-11-19)26(23(28)16-5-4-12-24-14-16)15-17-13-22(27)25-21-7-3-2-6-20(17)21/h2-14H,15H2,1H3,(H,25,27). The van der Waals surface area contributed by atoms with Crippen molar-refractivity contribution in [3.63, 3.8) is 0 Å². The topological polar surface area (TPSA) is 75.3 Å². The van der Waals surface area contributed by atoms with Gasteiger partial charge in [-0.05, 0) is 48.0 Å². The van der Waals surface area contributed by atoms with Crippen LogP contribution in [0, 0.1) is 0 Å². The van der Waals surface area contributed by atoms with Gasteiger partial charge in [-0.1, -0.05) is 18.2 Å². The lowest BCUT2D eigenvalue weighted by molar-refractivity contribution is 0.0985. The number of H-pyrrole nitrogens is 1. The quantitative estimate of drug-likeness (QED) is 0.567. The first-order valence-electron chi connectivity index (χ1n) is 9.12. The predicted molar refractivity (Wildman–Crippen MR) is 112 cm³/mol. The normalized spacial score (nSPS) is 10.7. The van der Waals surface area contributed by atoms with Crippen molar-refractivity contribution in [3.8, 4) is 5.75 Å². The van der Waals surface area contributed by atoms with E-state index in [2.05, 4.69) is 9.97 Å². The Bertz CT molecular complexity index is 1200. The average Bonchev–Trinajstić information content (AvgIpc) is 2.77. The van der Waals surface area contributed by atoms with Crippen molar-refractivity contribution in [1.82, 2.24) is 9.97 Å². The number of methoxy groups -OCH3 is 1. The third-order valence-corrected chi connectivity index (χ3v) is 4.70. The van der Waals surface area contributed by atoms with E-state index in [-0.39, 0.29) is 18.0 Å². The molecule has 0 atom stereocenters. The lowest BCUT2D eigenvalue weighted by Gasteiger charge is -2.24. The van der Waals surface area contributed by atoms with Gasteiger partial charge in [0.15, 0.2) is 0 Å². The smallest absolute Gasteiger partial charge is 0.260 e. The lowest BCUT2D eigenvalue weighted by atomic mass is 10.1. The van der Waals surface area contributed by atoms with E-state index in [1.165, 1.54) is 12.3 Å². The molecule has 2 aromatic carbocycles. The van der Waals surface area contributed by atoms with Crippen LogP contribution in [0.25, 0.3) is 10.9 Å². The molecule has 1 amide bonds. The van der Waals surface area contributed by atoms with Gasteiger partial charge in [-0.2, -0.15) is 0 Å². The fraction of sp³-hybridized carbons (Fsp3) is 0.0870. The number of nitrogens with zero attached hydrogens (tertiary/aromatic N) is 2. The van der Waals surface area contributed by atoms with Crippen molar-refractivity contribution in [3.05, 3.63) is 101 Å². The summed E-state index contributed by atoms with van der Waals surface area (Å²) < 4.78 is 5.23. The molecule has 144 valence electrons. The van der Waals surface area contributed by atoms with Crippen molar-refractivity contribution in [1.29, 1.82) is 0 Å². The SMILES string of the molecule is COc1ccc(N(Cc2cc(=O)[nH]c3ccccc23)C(=O)c2cccnc2)cc1. The van der Waals surface area contributed by atoms with E-state index in [0.717, 1.165) is 16.5 Å². The van der Waals surface area contributed by atoms with E-state index < -0.39 is 0 Å². The van der Waals surface area contributed by atoms with Gasteiger partial charge in [0.05, 0.1) is 19.2 Å². The fourth-order valence-electron chi connectivity index (χ4n) is 3.27. The van der Waals surface area contributed by atoms with Gasteiger partial charge < -0.3 is 14.6 Å². The van der Waals surface area contributed by atoms with Gasteiger partial charge in [0, 0.05) is 35.1 Å². The Kier molecular flexibility index (Phi) is 5.07. The van der Waals surface area contributed by atoms with Gasteiger partial charge in [0.1, 0.15) is 5.75 Å². The number of carbonyl (C=O) groups excluding carboxylic acids is 1. The number of anilines is 1. The molecule has 1 N–H and O–H groups in total. The number of carbonyl (C=O) groups is 1. The molecule has 0 saturated heterocycles. The Hall–Kier alpha value is -3.93. The third kappa shape index (κ3) is 3.87. The summed E-state index contributed by atoms with van der Waals surface area (Å²) in [6.45, 7) is 0.241. The molecular formula is C23H19N3O3. The minimum Gasteiger partial charge on any atom is -0.497 e. The zero-order valence-electron chi connectivity index (χ0n) is 15.8. The van der Waals surface area contributed by atoms with Gasteiger partial charge in [-0.3, -0.25) is 14.6 Å². The van der Waals surface area contributed by atoms with Crippen LogP contribution < -0.4 is 15.2 Å². The first-order valence-corrected chi connectivity index (χ1v) is 9.12. The number of aromatic nitrogens is 2. The summed E-state index contributed by atoms with van der Waals surface area (Å²) in [7, 11) is 1.59. The van der Waals surface area contributed by atoms with E-state index in [1.54, 1.807) is 42.5 Å². The largest absolute Gasteiger partial charge is 0.497 e. The summed E-state index contributed by atoms with van der Waals surface area (Å²) in [5, 5.41) is 0.893. The number of hydrogen-bond acceptors (Lipinski definition) is 4. The number of pyridine rings is 2. The number of benzene rings is 2. The van der Waals surface area contributed by atoms with Gasteiger partial charge in [0.25, 0.3) is 5.91 Å². The molecule has 4 aromatic rings. The van der Waals surface area contributed by atoms with E-state index >= 15 is 0 Å². The molecule has 2 heterocycles. The Morgan fingerprint density at radius 2 is 1.86 bits per heavy atom. The van der Waals surface area contributed by atoms with Crippen LogP contribution >= 0.6 is 0 Å². The van der Waals surface area contributed by atoms with Crippen molar-refractivity contribution in [2.24, 2.45) is 0 Å². The Balaban J connectivity index is 1.80. The first kappa shape index (κ1) is 18.4. The maximum atomic E-state index is 13.3. The van der Waals surface area contributed by atoms with Crippen molar-refractivity contribution in [2.75, 3.05) is 12.0 Å². The van der Waals surface area contributed by atoms with Crippen LogP contribution in [0.15, 0.2) is 83.9 Å². The number of nitrogens with one attached hydrogen (secondary N) is 1. The van der Waals surface area contributed by atoms with Crippen LogP contribution in [0.3, 0.4) is 0 Å². The molecule has 0 aliphatic rings. The van der Waals surface area contributed by atoms with E-state index in [4.69, 9.17) is 4.74 Å². The number of hydrogen-bond donors (Lipinski definition) is 1. The van der Waals surface area contributed by atoms with E-state index in [1.807, 2.05) is 36.4 Å². The number of ether oxygens (including phenoxy) is 1. The van der Waals surface area contributed by atoms with Crippen LogP contribution in [0.4, 0.5) is 5.69 Å². The van der Waals surface area contributed by atoms with Crippen LogP contribution in [0.5, 0.6) is 5.75 Å². The molecule has 4 rings (SSSR count). The monoisotopic (exact) mass is 385 g/mol. The molecule has 0 unspecified atom stereocenters. The predicted octanol–water partition coefficient (Wildman–Crippen LogP) is 3.78. The Labute approximate surface area is 167 Å². The summed E-state index contributed by atoms with van der Waals surface area (Å²) >= 11 is 0. The minimum atomic E-state index is -0.206. The van der Waals surface area contributed by atoms with Crippen LogP contribution in [0.1, 0.15) is 15.9 Å². The highest BCUT2D eigenvalue weighted by molar-refractivity contribution is 6.06. The van der Waals surface area contributed by atoms with Crippen molar-refractivity contribution in [2.45, 2.75) is 6.54 Å². The molecule has 0 aliphatic heterocycles. The summed E-state index contributed by atoms with van der Waals surface area (Å²) in [5.41, 5.74) is 2.46. The summed E-state index contributed by atoms with van der Waals surface area (Å²) in [6.07, 6.45) is 3.16. The zero-order valence-corrected chi connectivity index (χ0v) is 15.8. The molecule has 0 fully saturated rings. The molecule has 0 radical (unpaired) electrons. The van der Waals surface area contributed by atoms with Gasteiger partial charge >= 0.3 is 0 Å².